The largest absolute Gasteiger partial charge is 0.380 e. The fraction of sp³-hybridized carbons (Fsp3) is 0.387. The van der Waals surface area contributed by atoms with Gasteiger partial charge in [-0.25, -0.2) is 4.98 Å². The van der Waals surface area contributed by atoms with Gasteiger partial charge in [-0.05, 0) is 62.4 Å². The highest BCUT2D eigenvalue weighted by atomic mass is 16.2. The number of carbonyl (C=O) groups excluding carboxylic acids is 3. The number of rotatable bonds is 7. The van der Waals surface area contributed by atoms with Gasteiger partial charge in [-0.1, -0.05) is 6.07 Å². The maximum absolute atomic E-state index is 13.2. The third-order valence-corrected chi connectivity index (χ3v) is 7.45. The van der Waals surface area contributed by atoms with Gasteiger partial charge in [0.05, 0.1) is 12.1 Å². The van der Waals surface area contributed by atoms with Crippen LogP contribution in [0.4, 0.5) is 11.5 Å². The summed E-state index contributed by atoms with van der Waals surface area (Å²) in [6.45, 7) is 8.72. The van der Waals surface area contributed by atoms with Gasteiger partial charge in [-0.15, -0.1) is 0 Å². The fourth-order valence-corrected chi connectivity index (χ4v) is 5.24. The molecule has 10 nitrogen and oxygen atoms in total. The molecule has 2 aromatic heterocycles. The van der Waals surface area contributed by atoms with Crippen LogP contribution in [0.1, 0.15) is 40.3 Å². The third-order valence-electron chi connectivity index (χ3n) is 7.45. The molecule has 214 valence electrons. The third kappa shape index (κ3) is 6.82. The zero-order chi connectivity index (χ0) is 28.8. The van der Waals surface area contributed by atoms with Crippen LogP contribution in [-0.2, 0) is 11.2 Å². The second-order valence-corrected chi connectivity index (χ2v) is 10.7. The number of benzene rings is 1. The number of hydrogen-bond donors (Lipinski definition) is 1. The van der Waals surface area contributed by atoms with E-state index in [1.807, 2.05) is 35.2 Å². The Morgan fingerprint density at radius 1 is 0.707 bits per heavy atom. The van der Waals surface area contributed by atoms with Crippen molar-refractivity contribution < 1.29 is 14.4 Å². The number of carbonyl (C=O) groups is 3. The zero-order valence-electron chi connectivity index (χ0n) is 23.7. The summed E-state index contributed by atoms with van der Waals surface area (Å²) in [5.41, 5.74) is 2.86. The summed E-state index contributed by atoms with van der Waals surface area (Å²) >= 11 is 0. The number of nitrogens with one attached hydrogen (secondary N) is 1. The predicted molar refractivity (Wildman–Crippen MR) is 158 cm³/mol. The molecule has 3 aromatic rings. The summed E-state index contributed by atoms with van der Waals surface area (Å²) in [6.07, 6.45) is 3.74. The molecule has 2 aliphatic heterocycles. The monoisotopic (exact) mass is 555 g/mol. The van der Waals surface area contributed by atoms with Crippen LogP contribution < -0.4 is 10.2 Å². The Morgan fingerprint density at radius 3 is 1.83 bits per heavy atom. The van der Waals surface area contributed by atoms with Crippen LogP contribution in [0, 0.1) is 0 Å². The molecule has 0 radical (unpaired) electrons. The molecule has 0 bridgehead atoms. The number of aromatic nitrogens is 2. The zero-order valence-corrected chi connectivity index (χ0v) is 23.7. The van der Waals surface area contributed by atoms with Crippen LogP contribution in [0.5, 0.6) is 0 Å². The van der Waals surface area contributed by atoms with Gasteiger partial charge in [-0.3, -0.25) is 19.4 Å². The smallest absolute Gasteiger partial charge is 0.253 e. The standard InChI is InChI=1S/C31H37N7O3/c1-23(2)34-27-7-5-13-33-29(27)36-16-20-38(21-17-36)31(41)25-10-8-24(9-11-25)30(40)37-18-14-35(15-19-37)28(39)22-26-6-3-4-12-32-26/h3-13,23,34H,14-22H2,1-2H3. The van der Waals surface area contributed by atoms with Gasteiger partial charge < -0.3 is 24.9 Å². The second kappa shape index (κ2) is 12.8. The van der Waals surface area contributed by atoms with Crippen molar-refractivity contribution >= 4 is 29.2 Å². The van der Waals surface area contributed by atoms with Gasteiger partial charge in [0, 0.05) is 87.6 Å². The van der Waals surface area contributed by atoms with Crippen molar-refractivity contribution in [1.82, 2.24) is 24.7 Å². The maximum atomic E-state index is 13.2. The van der Waals surface area contributed by atoms with Gasteiger partial charge in [0.1, 0.15) is 0 Å². The Morgan fingerprint density at radius 2 is 1.27 bits per heavy atom. The number of piperazine rings is 2. The van der Waals surface area contributed by atoms with Crippen molar-refractivity contribution in [3.8, 4) is 0 Å². The van der Waals surface area contributed by atoms with Crippen LogP contribution in [0.2, 0.25) is 0 Å². The summed E-state index contributed by atoms with van der Waals surface area (Å²) in [4.78, 5) is 55.4. The number of amides is 3. The summed E-state index contributed by atoms with van der Waals surface area (Å²) < 4.78 is 0. The highest BCUT2D eigenvalue weighted by molar-refractivity contribution is 5.98. The van der Waals surface area contributed by atoms with E-state index in [1.54, 1.807) is 46.5 Å². The first kappa shape index (κ1) is 28.1. The minimum atomic E-state index is -0.0874. The van der Waals surface area contributed by atoms with E-state index in [9.17, 15) is 14.4 Å². The van der Waals surface area contributed by atoms with Gasteiger partial charge in [0.15, 0.2) is 5.82 Å². The van der Waals surface area contributed by atoms with Crippen molar-refractivity contribution in [1.29, 1.82) is 0 Å². The van der Waals surface area contributed by atoms with Crippen molar-refractivity contribution in [2.75, 3.05) is 62.6 Å². The van der Waals surface area contributed by atoms with Gasteiger partial charge in [-0.2, -0.15) is 0 Å². The SMILES string of the molecule is CC(C)Nc1cccnc1N1CCN(C(=O)c2ccc(C(=O)N3CCN(C(=O)Cc4ccccn4)CC3)cc2)CC1. The first-order valence-corrected chi connectivity index (χ1v) is 14.2. The molecule has 10 heteroatoms. The molecule has 5 rings (SSSR count). The van der Waals surface area contributed by atoms with Crippen LogP contribution in [-0.4, -0.2) is 101 Å². The van der Waals surface area contributed by atoms with E-state index in [0.717, 1.165) is 17.2 Å². The first-order valence-electron chi connectivity index (χ1n) is 14.2. The molecule has 2 aliphatic rings. The van der Waals surface area contributed by atoms with Gasteiger partial charge in [0.2, 0.25) is 5.91 Å². The quantitative estimate of drug-likeness (QED) is 0.478. The summed E-state index contributed by atoms with van der Waals surface area (Å²) in [6, 6.07) is 16.7. The van der Waals surface area contributed by atoms with E-state index in [4.69, 9.17) is 0 Å². The number of anilines is 2. The van der Waals surface area contributed by atoms with E-state index in [1.165, 1.54) is 0 Å². The molecule has 1 N–H and O–H groups in total. The van der Waals surface area contributed by atoms with E-state index in [2.05, 4.69) is 34.0 Å². The molecule has 0 saturated carbocycles. The molecule has 0 aliphatic carbocycles. The van der Waals surface area contributed by atoms with Crippen molar-refractivity contribution in [2.45, 2.75) is 26.3 Å². The van der Waals surface area contributed by atoms with Crippen molar-refractivity contribution in [2.24, 2.45) is 0 Å². The molecule has 3 amide bonds. The lowest BCUT2D eigenvalue weighted by atomic mass is 10.1. The van der Waals surface area contributed by atoms with E-state index in [-0.39, 0.29) is 24.1 Å². The topological polar surface area (TPSA) is 102 Å². The molecule has 4 heterocycles. The molecular formula is C31H37N7O3. The minimum Gasteiger partial charge on any atom is -0.380 e. The Bertz CT molecular complexity index is 1350. The van der Waals surface area contributed by atoms with Crippen LogP contribution in [0.3, 0.4) is 0 Å². The Balaban J connectivity index is 1.12. The summed E-state index contributed by atoms with van der Waals surface area (Å²) in [5.74, 6) is 0.808. The lowest BCUT2D eigenvalue weighted by molar-refractivity contribution is -0.132. The number of pyridine rings is 2. The molecule has 41 heavy (non-hydrogen) atoms. The molecular weight excluding hydrogens is 518 g/mol. The molecule has 0 spiro atoms. The fourth-order valence-electron chi connectivity index (χ4n) is 5.24. The number of hydrogen-bond acceptors (Lipinski definition) is 7. The normalized spacial score (nSPS) is 15.7. The highest BCUT2D eigenvalue weighted by Gasteiger charge is 2.27. The van der Waals surface area contributed by atoms with Crippen LogP contribution in [0.15, 0.2) is 67.0 Å². The average Bonchev–Trinajstić information content (AvgIpc) is 3.01. The Kier molecular flexibility index (Phi) is 8.76. The maximum Gasteiger partial charge on any atom is 0.253 e. The highest BCUT2D eigenvalue weighted by Crippen LogP contribution is 2.25. The van der Waals surface area contributed by atoms with Crippen LogP contribution in [0.25, 0.3) is 0 Å². The average molecular weight is 556 g/mol. The van der Waals surface area contributed by atoms with E-state index >= 15 is 0 Å². The minimum absolute atomic E-state index is 0.0206. The van der Waals surface area contributed by atoms with Crippen LogP contribution >= 0.6 is 0 Å². The van der Waals surface area contributed by atoms with Gasteiger partial charge in [0.25, 0.3) is 11.8 Å². The van der Waals surface area contributed by atoms with E-state index < -0.39 is 0 Å². The van der Waals surface area contributed by atoms with Crippen molar-refractivity contribution in [3.05, 3.63) is 83.8 Å². The molecule has 0 atom stereocenters. The molecule has 2 saturated heterocycles. The van der Waals surface area contributed by atoms with Crippen molar-refractivity contribution in [3.63, 3.8) is 0 Å². The van der Waals surface area contributed by atoms with E-state index in [0.29, 0.717) is 69.5 Å². The van der Waals surface area contributed by atoms with Gasteiger partial charge >= 0.3 is 0 Å². The summed E-state index contributed by atoms with van der Waals surface area (Å²) in [7, 11) is 0. The second-order valence-electron chi connectivity index (χ2n) is 10.7. The predicted octanol–water partition coefficient (Wildman–Crippen LogP) is 2.79. The Labute approximate surface area is 241 Å². The molecule has 2 fully saturated rings. The lowest BCUT2D eigenvalue weighted by Crippen LogP contribution is -2.51. The summed E-state index contributed by atoms with van der Waals surface area (Å²) in [5, 5.41) is 3.45. The first-order chi connectivity index (χ1) is 19.9. The lowest BCUT2D eigenvalue weighted by Gasteiger charge is -2.36. The molecule has 0 unspecified atom stereocenters. The molecule has 1 aromatic carbocycles. The Hall–Kier alpha value is -4.47. The number of nitrogens with zero attached hydrogens (tertiary/aromatic N) is 6.